The van der Waals surface area contributed by atoms with Crippen molar-refractivity contribution >= 4 is 5.91 Å². The minimum atomic E-state index is -0.536. The summed E-state index contributed by atoms with van der Waals surface area (Å²) < 4.78 is 16.8. The smallest absolute Gasteiger partial charge is 0.286 e. The molecule has 0 fully saturated rings. The van der Waals surface area contributed by atoms with E-state index < -0.39 is 6.29 Å². The van der Waals surface area contributed by atoms with Crippen LogP contribution in [-0.4, -0.2) is 37.6 Å². The van der Waals surface area contributed by atoms with Crippen LogP contribution in [0.5, 0.6) is 0 Å². The molecular weight excluding hydrogens is 370 g/mol. The summed E-state index contributed by atoms with van der Waals surface area (Å²) in [6.45, 7) is 1.22. The van der Waals surface area contributed by atoms with Crippen LogP contribution in [0.15, 0.2) is 66.4 Å². The zero-order chi connectivity index (χ0) is 20.5. The second-order valence-electron chi connectivity index (χ2n) is 6.87. The molecule has 0 radical (unpaired) electrons. The molecule has 2 aromatic carbocycles. The first-order chi connectivity index (χ1) is 14.2. The van der Waals surface area contributed by atoms with Gasteiger partial charge in [-0.25, -0.2) is 0 Å². The van der Waals surface area contributed by atoms with Crippen LogP contribution in [0.3, 0.4) is 0 Å². The van der Waals surface area contributed by atoms with E-state index in [1.165, 1.54) is 0 Å². The van der Waals surface area contributed by atoms with Crippen LogP contribution >= 0.6 is 0 Å². The second-order valence-corrected chi connectivity index (χ2v) is 6.87. The first-order valence-corrected chi connectivity index (χ1v) is 9.70. The van der Waals surface area contributed by atoms with Crippen molar-refractivity contribution in [2.24, 2.45) is 0 Å². The molecule has 1 heterocycles. The van der Waals surface area contributed by atoms with Gasteiger partial charge in [0.15, 0.2) is 5.76 Å². The van der Waals surface area contributed by atoms with Gasteiger partial charge in [-0.3, -0.25) is 4.79 Å². The van der Waals surface area contributed by atoms with E-state index in [2.05, 4.69) is 5.32 Å². The molecule has 0 saturated carbocycles. The summed E-state index contributed by atoms with van der Waals surface area (Å²) in [7, 11) is 1.59. The monoisotopic (exact) mass is 397 g/mol. The van der Waals surface area contributed by atoms with Crippen molar-refractivity contribution < 1.29 is 24.1 Å². The standard InChI is InChI=1S/C23H27NO5/c1-27-12-11-24-23(26)21-13-20(19-5-3-2-4-6-19)14-22(29-21)28-16-18-9-7-17(15-25)8-10-18/h2-10,13,20,22,25H,11-12,14-16H2,1H3,(H,24,26). The van der Waals surface area contributed by atoms with Crippen LogP contribution in [0.2, 0.25) is 0 Å². The molecule has 2 aromatic rings. The van der Waals surface area contributed by atoms with Gasteiger partial charge in [0.05, 0.1) is 19.8 Å². The van der Waals surface area contributed by atoms with Crippen LogP contribution < -0.4 is 5.32 Å². The quantitative estimate of drug-likeness (QED) is 0.637. The molecule has 1 amide bonds. The van der Waals surface area contributed by atoms with Crippen molar-refractivity contribution in [3.05, 3.63) is 83.1 Å². The molecule has 29 heavy (non-hydrogen) atoms. The molecule has 2 unspecified atom stereocenters. The Labute approximate surface area is 171 Å². The van der Waals surface area contributed by atoms with Gasteiger partial charge in [0.25, 0.3) is 5.91 Å². The van der Waals surface area contributed by atoms with Gasteiger partial charge in [-0.15, -0.1) is 0 Å². The highest BCUT2D eigenvalue weighted by molar-refractivity contribution is 5.91. The fourth-order valence-electron chi connectivity index (χ4n) is 3.13. The van der Waals surface area contributed by atoms with E-state index >= 15 is 0 Å². The summed E-state index contributed by atoms with van der Waals surface area (Å²) in [5.41, 5.74) is 2.94. The minimum absolute atomic E-state index is 0.0119. The van der Waals surface area contributed by atoms with Crippen LogP contribution in [0.25, 0.3) is 0 Å². The number of hydrogen-bond donors (Lipinski definition) is 2. The summed E-state index contributed by atoms with van der Waals surface area (Å²) in [5, 5.41) is 12.0. The average Bonchev–Trinajstić information content (AvgIpc) is 2.78. The van der Waals surface area contributed by atoms with Crippen molar-refractivity contribution in [3.8, 4) is 0 Å². The van der Waals surface area contributed by atoms with E-state index in [9.17, 15) is 4.79 Å². The Morgan fingerprint density at radius 3 is 2.55 bits per heavy atom. The third kappa shape index (κ3) is 6.15. The van der Waals surface area contributed by atoms with Gasteiger partial charge in [-0.1, -0.05) is 54.6 Å². The van der Waals surface area contributed by atoms with Crippen LogP contribution in [0.1, 0.15) is 29.0 Å². The highest BCUT2D eigenvalue weighted by atomic mass is 16.7. The topological polar surface area (TPSA) is 77.0 Å². The van der Waals surface area contributed by atoms with Crippen molar-refractivity contribution in [1.82, 2.24) is 5.32 Å². The van der Waals surface area contributed by atoms with Crippen LogP contribution in [0, 0.1) is 0 Å². The van der Waals surface area contributed by atoms with E-state index in [-0.39, 0.29) is 24.2 Å². The number of hydrogen-bond acceptors (Lipinski definition) is 5. The Balaban J connectivity index is 1.68. The summed E-state index contributed by atoms with van der Waals surface area (Å²) in [4.78, 5) is 12.5. The van der Waals surface area contributed by atoms with Gasteiger partial charge in [0.2, 0.25) is 6.29 Å². The normalized spacial score (nSPS) is 18.6. The van der Waals surface area contributed by atoms with Crippen molar-refractivity contribution in [2.45, 2.75) is 31.8 Å². The molecule has 1 aliphatic rings. The molecular formula is C23H27NO5. The minimum Gasteiger partial charge on any atom is -0.459 e. The summed E-state index contributed by atoms with van der Waals surface area (Å²) in [5.74, 6) is 0.0142. The third-order valence-corrected chi connectivity index (χ3v) is 4.74. The van der Waals surface area contributed by atoms with Gasteiger partial charge < -0.3 is 24.6 Å². The van der Waals surface area contributed by atoms with E-state index in [0.717, 1.165) is 16.7 Å². The fourth-order valence-corrected chi connectivity index (χ4v) is 3.13. The first-order valence-electron chi connectivity index (χ1n) is 9.70. The molecule has 6 heteroatoms. The lowest BCUT2D eigenvalue weighted by Gasteiger charge is -2.29. The molecule has 0 aromatic heterocycles. The third-order valence-electron chi connectivity index (χ3n) is 4.74. The Bertz CT molecular complexity index is 804. The maximum absolute atomic E-state index is 12.5. The summed E-state index contributed by atoms with van der Waals surface area (Å²) in [6, 6.07) is 17.6. The fraction of sp³-hybridized carbons (Fsp3) is 0.348. The van der Waals surface area contributed by atoms with Gasteiger partial charge >= 0.3 is 0 Å². The highest BCUT2D eigenvalue weighted by Gasteiger charge is 2.28. The molecule has 0 aliphatic carbocycles. The zero-order valence-corrected chi connectivity index (χ0v) is 16.5. The maximum atomic E-state index is 12.5. The van der Waals surface area contributed by atoms with Crippen molar-refractivity contribution in [1.29, 1.82) is 0 Å². The number of carbonyl (C=O) groups is 1. The molecule has 6 nitrogen and oxygen atoms in total. The maximum Gasteiger partial charge on any atom is 0.286 e. The van der Waals surface area contributed by atoms with E-state index in [1.54, 1.807) is 7.11 Å². The predicted molar refractivity (Wildman–Crippen MR) is 109 cm³/mol. The number of methoxy groups -OCH3 is 1. The zero-order valence-electron chi connectivity index (χ0n) is 16.5. The predicted octanol–water partition coefficient (Wildman–Crippen LogP) is 2.87. The van der Waals surface area contributed by atoms with E-state index in [4.69, 9.17) is 19.3 Å². The lowest BCUT2D eigenvalue weighted by Crippen LogP contribution is -2.34. The molecule has 154 valence electrons. The second kappa shape index (κ2) is 10.8. The molecule has 2 N–H and O–H groups in total. The Morgan fingerprint density at radius 2 is 1.86 bits per heavy atom. The molecule has 0 spiro atoms. The Kier molecular flexibility index (Phi) is 7.81. The average molecular weight is 397 g/mol. The number of carbonyl (C=O) groups excluding carboxylic acids is 1. The lowest BCUT2D eigenvalue weighted by molar-refractivity contribution is -0.150. The van der Waals surface area contributed by atoms with Gasteiger partial charge in [0, 0.05) is 26.0 Å². The SMILES string of the molecule is COCCNC(=O)C1=CC(c2ccccc2)CC(OCc2ccc(CO)cc2)O1. The number of benzene rings is 2. The number of amides is 1. The molecule has 0 saturated heterocycles. The molecule has 2 atom stereocenters. The van der Waals surface area contributed by atoms with E-state index in [0.29, 0.717) is 26.2 Å². The number of allylic oxidation sites excluding steroid dienone is 1. The van der Waals surface area contributed by atoms with Gasteiger partial charge in [-0.05, 0) is 22.8 Å². The first kappa shape index (κ1) is 21.0. The number of aliphatic hydroxyl groups excluding tert-OH is 1. The van der Waals surface area contributed by atoms with Gasteiger partial charge in [0.1, 0.15) is 0 Å². The number of nitrogens with one attached hydrogen (secondary N) is 1. The van der Waals surface area contributed by atoms with E-state index in [1.807, 2.05) is 60.7 Å². The number of aliphatic hydroxyl groups is 1. The molecule has 0 bridgehead atoms. The number of ether oxygens (including phenoxy) is 3. The summed E-state index contributed by atoms with van der Waals surface area (Å²) >= 11 is 0. The Morgan fingerprint density at radius 1 is 1.14 bits per heavy atom. The van der Waals surface area contributed by atoms with Crippen molar-refractivity contribution in [2.75, 3.05) is 20.3 Å². The highest BCUT2D eigenvalue weighted by Crippen LogP contribution is 2.31. The summed E-state index contributed by atoms with van der Waals surface area (Å²) in [6.07, 6.45) is 1.94. The van der Waals surface area contributed by atoms with Crippen LogP contribution in [-0.2, 0) is 32.2 Å². The molecule has 3 rings (SSSR count). The Hall–Kier alpha value is -2.67. The van der Waals surface area contributed by atoms with Gasteiger partial charge in [-0.2, -0.15) is 0 Å². The lowest BCUT2D eigenvalue weighted by atomic mass is 9.93. The number of rotatable bonds is 9. The molecule has 1 aliphatic heterocycles. The van der Waals surface area contributed by atoms with Crippen molar-refractivity contribution in [3.63, 3.8) is 0 Å². The largest absolute Gasteiger partial charge is 0.459 e. The van der Waals surface area contributed by atoms with Crippen LogP contribution in [0.4, 0.5) is 0 Å².